The number of ether oxygens (including phenoxy) is 1. The SMILES string of the molecule is COc1ccc(C(F)(F)F)c(C2CCCN2S(=O)(=O)F)c1. The summed E-state index contributed by atoms with van der Waals surface area (Å²) in [6, 6.07) is 1.88. The van der Waals surface area contributed by atoms with Crippen LogP contribution in [0.3, 0.4) is 0 Å². The van der Waals surface area contributed by atoms with Gasteiger partial charge in [0.15, 0.2) is 0 Å². The van der Waals surface area contributed by atoms with E-state index in [0.717, 1.165) is 18.2 Å². The van der Waals surface area contributed by atoms with Gasteiger partial charge < -0.3 is 4.74 Å². The van der Waals surface area contributed by atoms with Gasteiger partial charge in [-0.3, -0.25) is 0 Å². The van der Waals surface area contributed by atoms with Crippen LogP contribution in [0.25, 0.3) is 0 Å². The van der Waals surface area contributed by atoms with Gasteiger partial charge in [-0.25, -0.2) is 0 Å². The predicted molar refractivity (Wildman–Crippen MR) is 66.7 cm³/mol. The molecule has 1 atom stereocenters. The van der Waals surface area contributed by atoms with Gasteiger partial charge in [0.25, 0.3) is 0 Å². The molecule has 0 aromatic heterocycles. The number of hydrogen-bond donors (Lipinski definition) is 0. The minimum atomic E-state index is -5.06. The smallest absolute Gasteiger partial charge is 0.416 e. The standard InChI is InChI=1S/C12H13F4NO3S/c1-20-8-4-5-10(12(13,14)15)9(7-8)11-3-2-6-17(11)21(16,18)19/h4-5,7,11H,2-3,6H2,1H3. The maximum atomic E-state index is 13.2. The topological polar surface area (TPSA) is 46.6 Å². The lowest BCUT2D eigenvalue weighted by atomic mass is 9.98. The number of benzene rings is 1. The first kappa shape index (κ1) is 16.0. The molecule has 0 saturated carbocycles. The molecule has 4 nitrogen and oxygen atoms in total. The Bertz CT molecular complexity index is 630. The molecule has 0 aliphatic carbocycles. The summed E-state index contributed by atoms with van der Waals surface area (Å²) < 4.78 is 79.9. The molecule has 0 amide bonds. The number of nitrogens with zero attached hydrogens (tertiary/aromatic N) is 1. The highest BCUT2D eigenvalue weighted by molar-refractivity contribution is 7.84. The van der Waals surface area contributed by atoms with Gasteiger partial charge >= 0.3 is 16.6 Å². The van der Waals surface area contributed by atoms with Gasteiger partial charge in [0.1, 0.15) is 5.75 Å². The lowest BCUT2D eigenvalue weighted by Gasteiger charge is -2.24. The minimum Gasteiger partial charge on any atom is -0.497 e. The summed E-state index contributed by atoms with van der Waals surface area (Å²) in [6.07, 6.45) is -4.24. The molecule has 0 spiro atoms. The van der Waals surface area contributed by atoms with Gasteiger partial charge in [0.2, 0.25) is 0 Å². The largest absolute Gasteiger partial charge is 0.497 e. The van der Waals surface area contributed by atoms with Crippen LogP contribution in [-0.4, -0.2) is 26.4 Å². The summed E-state index contributed by atoms with van der Waals surface area (Å²) in [5.41, 5.74) is -1.27. The van der Waals surface area contributed by atoms with E-state index in [-0.39, 0.29) is 24.3 Å². The average Bonchev–Trinajstić information content (AvgIpc) is 2.85. The summed E-state index contributed by atoms with van der Waals surface area (Å²) in [5, 5.41) is 0. The van der Waals surface area contributed by atoms with Gasteiger partial charge in [-0.2, -0.15) is 25.9 Å². The van der Waals surface area contributed by atoms with Crippen molar-refractivity contribution in [3.8, 4) is 5.75 Å². The lowest BCUT2D eigenvalue weighted by molar-refractivity contribution is -0.138. The fraction of sp³-hybridized carbons (Fsp3) is 0.500. The van der Waals surface area contributed by atoms with Crippen LogP contribution >= 0.6 is 0 Å². The van der Waals surface area contributed by atoms with Crippen LogP contribution in [0.1, 0.15) is 30.0 Å². The van der Waals surface area contributed by atoms with E-state index in [4.69, 9.17) is 4.74 Å². The molecule has 1 heterocycles. The molecular formula is C12H13F4NO3S. The summed E-state index contributed by atoms with van der Waals surface area (Å²) in [5.74, 6) is 0.154. The van der Waals surface area contributed by atoms with E-state index >= 15 is 0 Å². The van der Waals surface area contributed by atoms with Crippen molar-refractivity contribution in [2.75, 3.05) is 13.7 Å². The average molecular weight is 327 g/mol. The van der Waals surface area contributed by atoms with E-state index in [2.05, 4.69) is 0 Å². The van der Waals surface area contributed by atoms with Crippen molar-refractivity contribution in [3.05, 3.63) is 29.3 Å². The molecule has 21 heavy (non-hydrogen) atoms. The monoisotopic (exact) mass is 327 g/mol. The highest BCUT2D eigenvalue weighted by atomic mass is 32.3. The summed E-state index contributed by atoms with van der Waals surface area (Å²) >= 11 is 0. The third kappa shape index (κ3) is 3.29. The molecule has 1 fully saturated rings. The zero-order valence-electron chi connectivity index (χ0n) is 11.0. The van der Waals surface area contributed by atoms with Gasteiger partial charge in [-0.15, -0.1) is 0 Å². The van der Waals surface area contributed by atoms with Crippen LogP contribution in [0.2, 0.25) is 0 Å². The maximum absolute atomic E-state index is 13.2. The van der Waals surface area contributed by atoms with E-state index in [1.807, 2.05) is 0 Å². The van der Waals surface area contributed by atoms with Crippen LogP contribution in [0.15, 0.2) is 18.2 Å². The van der Waals surface area contributed by atoms with Gasteiger partial charge in [0, 0.05) is 6.54 Å². The molecule has 1 aromatic rings. The Kier molecular flexibility index (Phi) is 4.16. The predicted octanol–water partition coefficient (Wildman–Crippen LogP) is 3.07. The van der Waals surface area contributed by atoms with Crippen LogP contribution < -0.4 is 4.74 Å². The molecule has 1 aliphatic heterocycles. The quantitative estimate of drug-likeness (QED) is 0.633. The fourth-order valence-electron chi connectivity index (χ4n) is 2.51. The Labute approximate surface area is 119 Å². The number of rotatable bonds is 3. The fourth-order valence-corrected chi connectivity index (χ4v) is 3.38. The molecule has 118 valence electrons. The van der Waals surface area contributed by atoms with Gasteiger partial charge in [0.05, 0.1) is 18.7 Å². The van der Waals surface area contributed by atoms with Crippen LogP contribution in [0.4, 0.5) is 17.1 Å². The van der Waals surface area contributed by atoms with Crippen molar-refractivity contribution in [1.29, 1.82) is 0 Å². The molecule has 0 radical (unpaired) electrons. The van der Waals surface area contributed by atoms with Crippen molar-refractivity contribution in [2.45, 2.75) is 25.1 Å². The number of hydrogen-bond acceptors (Lipinski definition) is 3. The third-order valence-corrected chi connectivity index (χ3v) is 4.40. The van der Waals surface area contributed by atoms with E-state index in [1.165, 1.54) is 7.11 Å². The molecular weight excluding hydrogens is 314 g/mol. The highest BCUT2D eigenvalue weighted by Gasteiger charge is 2.41. The van der Waals surface area contributed by atoms with Gasteiger partial charge in [-0.05, 0) is 36.6 Å². The highest BCUT2D eigenvalue weighted by Crippen LogP contribution is 2.42. The van der Waals surface area contributed by atoms with Crippen LogP contribution in [-0.2, 0) is 16.6 Å². The number of alkyl halides is 3. The van der Waals surface area contributed by atoms with Crippen LogP contribution in [0.5, 0.6) is 5.75 Å². The molecule has 1 aliphatic rings. The molecule has 0 N–H and O–H groups in total. The molecule has 1 unspecified atom stereocenters. The van der Waals surface area contributed by atoms with Crippen molar-refractivity contribution >= 4 is 10.4 Å². The molecule has 0 bridgehead atoms. The first-order valence-corrected chi connectivity index (χ1v) is 7.45. The molecule has 1 saturated heterocycles. The zero-order valence-corrected chi connectivity index (χ0v) is 11.8. The Morgan fingerprint density at radius 2 is 2.00 bits per heavy atom. The van der Waals surface area contributed by atoms with Gasteiger partial charge in [-0.1, -0.05) is 3.89 Å². The van der Waals surface area contributed by atoms with E-state index in [9.17, 15) is 25.5 Å². The summed E-state index contributed by atoms with van der Waals surface area (Å²) in [7, 11) is -3.77. The second-order valence-electron chi connectivity index (χ2n) is 4.66. The number of methoxy groups -OCH3 is 1. The van der Waals surface area contributed by atoms with E-state index in [1.54, 1.807) is 0 Å². The van der Waals surface area contributed by atoms with Crippen molar-refractivity contribution in [3.63, 3.8) is 0 Å². The van der Waals surface area contributed by atoms with E-state index in [0.29, 0.717) is 10.7 Å². The number of halogens is 4. The normalized spacial score (nSPS) is 20.7. The Hall–Kier alpha value is -1.35. The first-order chi connectivity index (χ1) is 9.64. The minimum absolute atomic E-state index is 0.124. The molecule has 1 aromatic carbocycles. The Morgan fingerprint density at radius 3 is 2.52 bits per heavy atom. The van der Waals surface area contributed by atoms with Crippen molar-refractivity contribution in [2.24, 2.45) is 0 Å². The molecule has 2 rings (SSSR count). The summed E-state index contributed by atoms with van der Waals surface area (Å²) in [4.78, 5) is 0. The third-order valence-electron chi connectivity index (χ3n) is 3.41. The Morgan fingerprint density at radius 1 is 1.33 bits per heavy atom. The first-order valence-electron chi connectivity index (χ1n) is 6.11. The Balaban J connectivity index is 2.55. The lowest BCUT2D eigenvalue weighted by Crippen LogP contribution is -2.28. The zero-order chi connectivity index (χ0) is 15.8. The second kappa shape index (κ2) is 5.45. The second-order valence-corrected chi connectivity index (χ2v) is 5.95. The van der Waals surface area contributed by atoms with Crippen LogP contribution in [0, 0.1) is 0 Å². The van der Waals surface area contributed by atoms with E-state index < -0.39 is 28.2 Å². The molecule has 9 heteroatoms. The van der Waals surface area contributed by atoms with Crippen molar-refractivity contribution in [1.82, 2.24) is 4.31 Å². The maximum Gasteiger partial charge on any atom is 0.416 e. The summed E-state index contributed by atoms with van der Waals surface area (Å²) in [6.45, 7) is -0.141. The van der Waals surface area contributed by atoms with Crippen molar-refractivity contribution < 1.29 is 30.2 Å².